The van der Waals surface area contributed by atoms with Crippen LogP contribution >= 0.6 is 11.6 Å². The first-order valence-electron chi connectivity index (χ1n) is 17.5. The summed E-state index contributed by atoms with van der Waals surface area (Å²) in [4.78, 5) is 18.6. The Balaban J connectivity index is 1.43. The number of hydrogen-bond acceptors (Lipinski definition) is 5. The molecule has 1 aliphatic heterocycles. The van der Waals surface area contributed by atoms with Gasteiger partial charge in [-0.3, -0.25) is 9.89 Å². The van der Waals surface area contributed by atoms with Crippen LogP contribution in [0.4, 0.5) is 5.69 Å². The molecule has 0 bridgehead atoms. The van der Waals surface area contributed by atoms with Gasteiger partial charge in [-0.2, -0.15) is 4.63 Å². The first kappa shape index (κ1) is 35.8. The topological polar surface area (TPSA) is 93.5 Å². The second-order valence-electron chi connectivity index (χ2n) is 16.2. The van der Waals surface area contributed by atoms with Gasteiger partial charge in [0.15, 0.2) is 17.6 Å². The van der Waals surface area contributed by atoms with Crippen LogP contribution in [-0.4, -0.2) is 37.4 Å². The highest BCUT2D eigenvalue weighted by Crippen LogP contribution is 2.48. The Morgan fingerprint density at radius 2 is 1.85 bits per heavy atom. The van der Waals surface area contributed by atoms with Crippen molar-refractivity contribution in [1.82, 2.24) is 19.8 Å². The number of amides is 1. The lowest BCUT2D eigenvalue weighted by molar-refractivity contribution is -0.123. The Labute approximate surface area is 291 Å². The fourth-order valence-corrected chi connectivity index (χ4v) is 7.56. The smallest absolute Gasteiger partial charge is 0.265 e. The van der Waals surface area contributed by atoms with Crippen LogP contribution in [0.25, 0.3) is 17.0 Å². The molecule has 0 saturated carbocycles. The number of fused-ring (bicyclic) bond motifs is 2. The van der Waals surface area contributed by atoms with Gasteiger partial charge in [0, 0.05) is 22.4 Å². The fraction of sp³-hybridized carbons (Fsp3) is 0.564. The van der Waals surface area contributed by atoms with E-state index in [2.05, 4.69) is 94.9 Å². The summed E-state index contributed by atoms with van der Waals surface area (Å²) in [7, 11) is 0. The summed E-state index contributed by atoms with van der Waals surface area (Å²) >= 11 is 6.36. The van der Waals surface area contributed by atoms with Crippen molar-refractivity contribution in [3.8, 4) is 22.9 Å². The third kappa shape index (κ3) is 8.19. The molecule has 0 saturated heterocycles. The van der Waals surface area contributed by atoms with Crippen LogP contribution in [0.15, 0.2) is 36.4 Å². The second-order valence-corrected chi connectivity index (χ2v) is 16.6. The number of benzene rings is 2. The summed E-state index contributed by atoms with van der Waals surface area (Å²) in [5.41, 5.74) is 4.76. The van der Waals surface area contributed by atoms with Gasteiger partial charge in [0.2, 0.25) is 0 Å². The van der Waals surface area contributed by atoms with Crippen molar-refractivity contribution < 1.29 is 14.3 Å². The van der Waals surface area contributed by atoms with Gasteiger partial charge in [0.05, 0.1) is 5.69 Å². The van der Waals surface area contributed by atoms with E-state index >= 15 is 0 Å². The highest BCUT2D eigenvalue weighted by Gasteiger charge is 2.37. The first-order chi connectivity index (χ1) is 22.5. The summed E-state index contributed by atoms with van der Waals surface area (Å²) in [6.45, 7) is 22.0. The van der Waals surface area contributed by atoms with E-state index in [4.69, 9.17) is 21.1 Å². The molecule has 2 unspecified atom stereocenters. The van der Waals surface area contributed by atoms with E-state index in [9.17, 15) is 4.79 Å². The van der Waals surface area contributed by atoms with Crippen LogP contribution in [0.5, 0.6) is 11.5 Å². The number of carbonyl (C=O) groups is 1. The van der Waals surface area contributed by atoms with E-state index < -0.39 is 6.10 Å². The number of hydrogen-bond donors (Lipinski definition) is 2. The molecule has 2 aromatic heterocycles. The van der Waals surface area contributed by atoms with Gasteiger partial charge in [-0.15, -0.1) is 5.10 Å². The van der Waals surface area contributed by atoms with Gasteiger partial charge in [-0.05, 0) is 99.6 Å². The number of unbranched alkanes of at least 4 members (excludes halogenated alkanes) is 3. The number of halogens is 1. The van der Waals surface area contributed by atoms with Crippen LogP contribution in [-0.2, 0) is 10.2 Å². The van der Waals surface area contributed by atoms with Crippen molar-refractivity contribution in [3.05, 3.63) is 58.2 Å². The third-order valence-electron chi connectivity index (χ3n) is 9.23. The number of H-pyrrole nitrogens is 1. The van der Waals surface area contributed by atoms with E-state index in [1.54, 1.807) is 4.63 Å². The van der Waals surface area contributed by atoms with Gasteiger partial charge >= 0.3 is 0 Å². The number of rotatable bonds is 12. The zero-order valence-electron chi connectivity index (χ0n) is 30.5. The highest BCUT2D eigenvalue weighted by molar-refractivity contribution is 6.34. The lowest BCUT2D eigenvalue weighted by atomic mass is 9.71. The van der Waals surface area contributed by atoms with Crippen molar-refractivity contribution in [2.24, 2.45) is 5.41 Å². The van der Waals surface area contributed by atoms with Gasteiger partial charge in [-0.1, -0.05) is 79.3 Å². The number of nitrogens with one attached hydrogen (secondary N) is 2. The quantitative estimate of drug-likeness (QED) is 0.146. The molecule has 48 heavy (non-hydrogen) atoms. The molecule has 1 amide bonds. The number of aryl methyl sites for hydroxylation is 1. The highest BCUT2D eigenvalue weighted by atomic mass is 35.5. The molecule has 2 aromatic carbocycles. The summed E-state index contributed by atoms with van der Waals surface area (Å²) in [5.74, 6) is 2.41. The van der Waals surface area contributed by atoms with Crippen molar-refractivity contribution in [3.63, 3.8) is 0 Å². The van der Waals surface area contributed by atoms with E-state index in [0.29, 0.717) is 34.5 Å². The van der Waals surface area contributed by atoms with Gasteiger partial charge in [0.25, 0.3) is 5.91 Å². The standard InChI is InChI=1S/C39H54ClN5O3/c1-11-12-13-14-15-30(36(46)41-27-18-16-26(17-19-27)34-42-35-33(40)25(3)43-45(35)44-34)47-32-20-28-24(2)22-39(9,10)48-31(28)21-29(32)38(7,8)23-37(4,5)6/h16-21,24,30,43H,11-15,22-23H2,1-10H3,(H,41,46). The van der Waals surface area contributed by atoms with Crippen molar-refractivity contribution >= 4 is 28.8 Å². The Morgan fingerprint density at radius 3 is 2.50 bits per heavy atom. The maximum absolute atomic E-state index is 14.0. The monoisotopic (exact) mass is 675 g/mol. The van der Waals surface area contributed by atoms with Crippen LogP contribution in [0.1, 0.15) is 130 Å². The number of anilines is 1. The molecule has 0 spiro atoms. The molecule has 2 atom stereocenters. The molecule has 5 rings (SSSR count). The average molecular weight is 676 g/mol. The van der Waals surface area contributed by atoms with Gasteiger partial charge in [-0.25, -0.2) is 4.98 Å². The maximum Gasteiger partial charge on any atom is 0.265 e. The van der Waals surface area contributed by atoms with Gasteiger partial charge in [0.1, 0.15) is 22.1 Å². The number of aromatic nitrogens is 4. The number of ether oxygens (including phenoxy) is 2. The minimum Gasteiger partial charge on any atom is -0.488 e. The van der Waals surface area contributed by atoms with E-state index in [-0.39, 0.29) is 22.3 Å². The fourth-order valence-electron chi connectivity index (χ4n) is 7.39. The lowest BCUT2D eigenvalue weighted by Gasteiger charge is -2.39. The zero-order valence-corrected chi connectivity index (χ0v) is 31.3. The Bertz CT molecular complexity index is 1750. The Morgan fingerprint density at radius 1 is 1.15 bits per heavy atom. The number of nitrogens with zero attached hydrogens (tertiary/aromatic N) is 3. The molecular weight excluding hydrogens is 622 g/mol. The minimum absolute atomic E-state index is 0.0950. The molecule has 0 fully saturated rings. The predicted molar refractivity (Wildman–Crippen MR) is 196 cm³/mol. The second kappa shape index (κ2) is 13.8. The molecule has 4 aromatic rings. The van der Waals surface area contributed by atoms with Crippen molar-refractivity contribution in [2.45, 2.75) is 137 Å². The normalized spacial score (nSPS) is 16.8. The molecule has 2 N–H and O–H groups in total. The van der Waals surface area contributed by atoms with Crippen molar-refractivity contribution in [1.29, 1.82) is 0 Å². The number of carbonyl (C=O) groups excluding carboxylic acids is 1. The van der Waals surface area contributed by atoms with Crippen LogP contribution in [0, 0.1) is 12.3 Å². The van der Waals surface area contributed by atoms with Crippen LogP contribution < -0.4 is 14.8 Å². The SMILES string of the molecule is CCCCCCC(Oc1cc2c(cc1C(C)(C)CC(C)(C)C)OC(C)(C)CC2C)C(=O)Nc1ccc(-c2nc3c(Cl)c(C)[nH]n3n2)cc1. The Hall–Kier alpha value is -3.52. The molecule has 8 nitrogen and oxygen atoms in total. The van der Waals surface area contributed by atoms with Gasteiger partial charge < -0.3 is 14.8 Å². The summed E-state index contributed by atoms with van der Waals surface area (Å²) in [6, 6.07) is 11.9. The summed E-state index contributed by atoms with van der Waals surface area (Å²) in [6.07, 6.45) is 6.06. The number of aromatic amines is 1. The molecule has 260 valence electrons. The largest absolute Gasteiger partial charge is 0.488 e. The molecule has 0 radical (unpaired) electrons. The van der Waals surface area contributed by atoms with E-state index in [0.717, 1.165) is 72.4 Å². The van der Waals surface area contributed by atoms with Crippen molar-refractivity contribution in [2.75, 3.05) is 5.32 Å². The molecular formula is C39H54ClN5O3. The van der Waals surface area contributed by atoms with E-state index in [1.807, 2.05) is 31.2 Å². The first-order valence-corrected chi connectivity index (χ1v) is 17.9. The molecule has 0 aliphatic carbocycles. The molecule has 9 heteroatoms. The summed E-state index contributed by atoms with van der Waals surface area (Å²) < 4.78 is 15.0. The minimum atomic E-state index is -0.652. The average Bonchev–Trinajstić information content (AvgIpc) is 3.51. The third-order valence-corrected chi connectivity index (χ3v) is 9.68. The molecule has 3 heterocycles. The van der Waals surface area contributed by atoms with E-state index in [1.165, 1.54) is 0 Å². The zero-order chi connectivity index (χ0) is 35.0. The Kier molecular flexibility index (Phi) is 10.3. The molecule has 1 aliphatic rings. The summed E-state index contributed by atoms with van der Waals surface area (Å²) in [5, 5.41) is 11.3. The predicted octanol–water partition coefficient (Wildman–Crippen LogP) is 10.4. The van der Waals surface area contributed by atoms with Crippen LogP contribution in [0.3, 0.4) is 0 Å². The lowest BCUT2D eigenvalue weighted by Crippen LogP contribution is -2.36. The maximum atomic E-state index is 14.0. The van der Waals surface area contributed by atoms with Crippen LogP contribution in [0.2, 0.25) is 5.02 Å².